The Labute approximate surface area is 204 Å². The van der Waals surface area contributed by atoms with Crippen molar-refractivity contribution in [3.8, 4) is 0 Å². The van der Waals surface area contributed by atoms with Gasteiger partial charge in [0.05, 0.1) is 25.4 Å². The van der Waals surface area contributed by atoms with Crippen LogP contribution in [0, 0.1) is 0 Å². The van der Waals surface area contributed by atoms with Crippen molar-refractivity contribution in [2.24, 2.45) is 0 Å². The molecule has 2 rings (SSSR count). The number of ether oxygens (including phenoxy) is 4. The summed E-state index contributed by atoms with van der Waals surface area (Å²) >= 11 is 0. The lowest BCUT2D eigenvalue weighted by Gasteiger charge is -2.39. The van der Waals surface area contributed by atoms with Gasteiger partial charge in [0.15, 0.2) is 12.6 Å². The van der Waals surface area contributed by atoms with Crippen molar-refractivity contribution < 1.29 is 59.5 Å². The summed E-state index contributed by atoms with van der Waals surface area (Å²) in [5, 5.41) is 68.4. The van der Waals surface area contributed by atoms with Crippen LogP contribution in [-0.2, 0) is 23.7 Å². The highest BCUT2D eigenvalue weighted by molar-refractivity contribution is 5.66. The summed E-state index contributed by atoms with van der Waals surface area (Å²) in [4.78, 5) is 12.7. The number of carbonyl (C=O) groups is 1. The molecule has 0 aromatic heterocycles. The van der Waals surface area contributed by atoms with E-state index in [0.717, 1.165) is 6.42 Å². The Morgan fingerprint density at radius 2 is 1.14 bits per heavy atom. The molecule has 0 radical (unpaired) electrons. The van der Waals surface area contributed by atoms with E-state index in [-0.39, 0.29) is 19.6 Å². The van der Waals surface area contributed by atoms with Crippen molar-refractivity contribution in [1.82, 2.24) is 4.90 Å². The summed E-state index contributed by atoms with van der Waals surface area (Å²) < 4.78 is 22.1. The van der Waals surface area contributed by atoms with E-state index in [2.05, 4.69) is 0 Å². The van der Waals surface area contributed by atoms with Crippen LogP contribution in [0.25, 0.3) is 0 Å². The molecule has 0 bridgehead atoms. The summed E-state index contributed by atoms with van der Waals surface area (Å²) in [6.07, 6.45) is -9.56. The van der Waals surface area contributed by atoms with Crippen LogP contribution in [0.2, 0.25) is 0 Å². The summed E-state index contributed by atoms with van der Waals surface area (Å²) in [6, 6.07) is 0. The van der Waals surface area contributed by atoms with Crippen molar-refractivity contribution in [2.75, 3.05) is 32.8 Å². The van der Waals surface area contributed by atoms with Crippen LogP contribution in [0.15, 0.2) is 0 Å². The second-order valence-electron chi connectivity index (χ2n) is 9.15. The summed E-state index contributed by atoms with van der Waals surface area (Å²) in [6.45, 7) is 4.80. The number of aliphatic hydroxyl groups excluding tert-OH is 6. The van der Waals surface area contributed by atoms with Gasteiger partial charge in [0.2, 0.25) is 0 Å². The third-order valence-corrected chi connectivity index (χ3v) is 6.36. The van der Waals surface area contributed by atoms with E-state index in [1.54, 1.807) is 13.8 Å². The number of unbranched alkanes of at least 4 members (excludes halogenated alkanes) is 2. The second-order valence-corrected chi connectivity index (χ2v) is 9.15. The maximum Gasteiger partial charge on any atom is 0.303 e. The molecule has 35 heavy (non-hydrogen) atoms. The van der Waals surface area contributed by atoms with E-state index < -0.39 is 67.4 Å². The third-order valence-electron chi connectivity index (χ3n) is 6.36. The number of nitrogens with zero attached hydrogens (tertiary/aromatic N) is 1. The molecule has 0 saturated carbocycles. The Bertz CT molecular complexity index is 587. The Kier molecular flexibility index (Phi) is 12.7. The highest BCUT2D eigenvalue weighted by atomic mass is 16.7. The van der Waals surface area contributed by atoms with Crippen LogP contribution in [0.4, 0.5) is 0 Å². The monoisotopic (exact) mass is 511 g/mol. The zero-order valence-electron chi connectivity index (χ0n) is 20.3. The van der Waals surface area contributed by atoms with Gasteiger partial charge >= 0.3 is 5.97 Å². The number of carboxylic acid groups (broad SMARTS) is 1. The minimum Gasteiger partial charge on any atom is -0.481 e. The minimum atomic E-state index is -1.40. The second kappa shape index (κ2) is 14.7. The molecule has 2 aliphatic heterocycles. The molecule has 2 heterocycles. The Morgan fingerprint density at radius 3 is 1.57 bits per heavy atom. The Hall–Kier alpha value is -0.970. The number of hydrogen-bond acceptors (Lipinski definition) is 12. The van der Waals surface area contributed by atoms with Crippen molar-refractivity contribution in [1.29, 1.82) is 0 Å². The zero-order chi connectivity index (χ0) is 26.1. The number of rotatable bonds is 14. The average Bonchev–Trinajstić information content (AvgIpc) is 2.81. The first-order valence-corrected chi connectivity index (χ1v) is 12.1. The maximum absolute atomic E-state index is 10.7. The van der Waals surface area contributed by atoms with Gasteiger partial charge in [-0.25, -0.2) is 0 Å². The van der Waals surface area contributed by atoms with Gasteiger partial charge < -0.3 is 54.7 Å². The molecule has 7 N–H and O–H groups in total. The predicted octanol–water partition coefficient (Wildman–Crippen LogP) is -2.38. The SMILES string of the molecule is C[C@@H]1O[C@@H](OCCN(CCCCCC(=O)O)CCO[C@@H]2O[C@@H](C)[C@@H](O)[C@@H](O)[C@@H]2O)[C@@H](O)[C@H](O)[C@@H]1O. The molecule has 0 spiro atoms. The van der Waals surface area contributed by atoms with Crippen LogP contribution in [0.1, 0.15) is 39.5 Å². The van der Waals surface area contributed by atoms with E-state index in [4.69, 9.17) is 24.1 Å². The molecular formula is C22H41NO12. The fourth-order valence-electron chi connectivity index (χ4n) is 4.02. The van der Waals surface area contributed by atoms with Crippen molar-refractivity contribution in [3.05, 3.63) is 0 Å². The number of aliphatic hydroxyl groups is 6. The van der Waals surface area contributed by atoms with Gasteiger partial charge in [-0.3, -0.25) is 9.69 Å². The third kappa shape index (κ3) is 9.13. The quantitative estimate of drug-likeness (QED) is 0.122. The standard InChI is InChI=1S/C22H41NO12/c1-12-15(26)17(28)19(30)21(34-12)32-10-8-23(7-5-3-4-6-14(24)25)9-11-33-22-20(31)18(29)16(27)13(2)35-22/h12-13,15-22,26-31H,3-11H2,1-2H3,(H,24,25)/t12-,13-,15+,16+,17+,18+,19-,20-,21+,22+/m0/s1. The van der Waals surface area contributed by atoms with Crippen LogP contribution in [-0.4, -0.2) is 141 Å². The zero-order valence-corrected chi connectivity index (χ0v) is 20.3. The van der Waals surface area contributed by atoms with E-state index in [9.17, 15) is 35.4 Å². The number of hydrogen-bond donors (Lipinski definition) is 7. The summed E-state index contributed by atoms with van der Waals surface area (Å²) in [5.74, 6) is -0.844. The fourth-order valence-corrected chi connectivity index (χ4v) is 4.02. The van der Waals surface area contributed by atoms with E-state index in [1.807, 2.05) is 4.90 Å². The maximum atomic E-state index is 10.7. The molecular weight excluding hydrogens is 470 g/mol. The Balaban J connectivity index is 1.82. The topological polar surface area (TPSA) is 199 Å². The van der Waals surface area contributed by atoms with Crippen LogP contribution in [0.3, 0.4) is 0 Å². The van der Waals surface area contributed by atoms with Gasteiger partial charge in [-0.2, -0.15) is 0 Å². The Morgan fingerprint density at radius 1 is 0.686 bits per heavy atom. The molecule has 206 valence electrons. The molecule has 0 unspecified atom stereocenters. The molecule has 0 amide bonds. The van der Waals surface area contributed by atoms with E-state index >= 15 is 0 Å². The van der Waals surface area contributed by atoms with Crippen LogP contribution < -0.4 is 0 Å². The van der Waals surface area contributed by atoms with Gasteiger partial charge in [0.1, 0.15) is 36.6 Å². The van der Waals surface area contributed by atoms with Crippen molar-refractivity contribution >= 4 is 5.97 Å². The summed E-state index contributed by atoms with van der Waals surface area (Å²) in [7, 11) is 0. The highest BCUT2D eigenvalue weighted by Gasteiger charge is 2.43. The van der Waals surface area contributed by atoms with Crippen LogP contribution >= 0.6 is 0 Å². The molecule has 0 aromatic rings. The minimum absolute atomic E-state index is 0.0960. The molecule has 0 aliphatic carbocycles. The lowest BCUT2D eigenvalue weighted by atomic mass is 10.0. The van der Waals surface area contributed by atoms with Gasteiger partial charge in [-0.15, -0.1) is 0 Å². The van der Waals surface area contributed by atoms with Crippen molar-refractivity contribution in [2.45, 2.75) is 101 Å². The van der Waals surface area contributed by atoms with Crippen LogP contribution in [0.5, 0.6) is 0 Å². The molecule has 0 aromatic carbocycles. The lowest BCUT2D eigenvalue weighted by Crippen LogP contribution is -2.57. The first kappa shape index (κ1) is 30.3. The van der Waals surface area contributed by atoms with E-state index in [1.165, 1.54) is 0 Å². The number of carboxylic acids is 1. The predicted molar refractivity (Wildman–Crippen MR) is 119 cm³/mol. The largest absolute Gasteiger partial charge is 0.481 e. The molecule has 13 nitrogen and oxygen atoms in total. The van der Waals surface area contributed by atoms with Gasteiger partial charge in [0, 0.05) is 19.5 Å². The fraction of sp³-hybridized carbons (Fsp3) is 0.955. The van der Waals surface area contributed by atoms with E-state index in [0.29, 0.717) is 32.5 Å². The first-order valence-electron chi connectivity index (χ1n) is 12.1. The molecule has 2 aliphatic rings. The smallest absolute Gasteiger partial charge is 0.303 e. The average molecular weight is 512 g/mol. The molecule has 10 atom stereocenters. The van der Waals surface area contributed by atoms with Gasteiger partial charge in [-0.05, 0) is 33.2 Å². The van der Waals surface area contributed by atoms with Gasteiger partial charge in [0.25, 0.3) is 0 Å². The summed E-state index contributed by atoms with van der Waals surface area (Å²) in [5.41, 5.74) is 0. The first-order chi connectivity index (χ1) is 16.5. The molecule has 13 heteroatoms. The number of aliphatic carboxylic acids is 1. The van der Waals surface area contributed by atoms with Crippen molar-refractivity contribution in [3.63, 3.8) is 0 Å². The van der Waals surface area contributed by atoms with Gasteiger partial charge in [-0.1, -0.05) is 6.42 Å². The highest BCUT2D eigenvalue weighted by Crippen LogP contribution is 2.23. The molecule has 2 saturated heterocycles. The lowest BCUT2D eigenvalue weighted by molar-refractivity contribution is -0.295. The molecule has 2 fully saturated rings. The normalized spacial score (nSPS) is 38.1.